The zero-order valence-corrected chi connectivity index (χ0v) is 81.9. The maximum atomic E-state index is 14.3. The van der Waals surface area contributed by atoms with Crippen molar-refractivity contribution in [2.24, 2.45) is 0 Å². The Morgan fingerprint density at radius 1 is 0.478 bits per heavy atom. The van der Waals surface area contributed by atoms with Gasteiger partial charge in [-0.15, -0.1) is 34.0 Å². The van der Waals surface area contributed by atoms with Crippen molar-refractivity contribution in [3.05, 3.63) is 221 Å². The molecule has 17 heterocycles. The molecule has 0 atom stereocenters. The molecule has 0 radical (unpaired) electrons. The zero-order chi connectivity index (χ0) is 96.3. The van der Waals surface area contributed by atoms with Gasteiger partial charge < -0.3 is 58.9 Å². The number of benzene rings is 3. The number of nitro benzene ring substituents is 2. The molecule has 11 aromatic heterocycles. The molecule has 6 aliphatic heterocycles. The summed E-state index contributed by atoms with van der Waals surface area (Å²) in [6, 6.07) is 21.7. The number of fused-ring (bicyclic) bond motifs is 3. The number of nitrogens with zero attached hydrogens (tertiary/aromatic N) is 19. The van der Waals surface area contributed by atoms with Crippen LogP contribution in [0.5, 0.6) is 34.5 Å². The Bertz CT molecular complexity index is 6560. The van der Waals surface area contributed by atoms with Crippen LogP contribution in [0, 0.1) is 40.6 Å². The van der Waals surface area contributed by atoms with Crippen LogP contribution < -0.4 is 25.4 Å². The highest BCUT2D eigenvalue weighted by Crippen LogP contribution is 2.44. The number of nitro groups is 2. The minimum Gasteiger partial charge on any atom is -0.453 e. The Labute approximate surface area is 820 Å². The fourth-order valence-corrected chi connectivity index (χ4v) is 19.2. The molecule has 6 aliphatic rings. The molecule has 6 fully saturated rings. The van der Waals surface area contributed by atoms with Gasteiger partial charge in [-0.2, -0.15) is 25.5 Å². The number of anilines is 1. The minimum atomic E-state index is -0.816. The van der Waals surface area contributed by atoms with Crippen molar-refractivity contribution in [1.82, 2.24) is 88.8 Å². The molecule has 20 rings (SSSR count). The van der Waals surface area contributed by atoms with E-state index in [1.807, 2.05) is 109 Å². The second-order valence-electron chi connectivity index (χ2n) is 32.7. The number of nitrogen functional groups attached to an aromatic ring is 1. The molecular formula is C90H94BBr2F3IN21O15S3. The topological polar surface area (TPSA) is 419 Å². The van der Waals surface area contributed by atoms with Gasteiger partial charge in [-0.3, -0.25) is 83.0 Å². The van der Waals surface area contributed by atoms with Crippen molar-refractivity contribution < 1.29 is 75.6 Å². The van der Waals surface area contributed by atoms with Crippen LogP contribution in [0.2, 0.25) is 0 Å². The summed E-state index contributed by atoms with van der Waals surface area (Å²) in [5.41, 5.74) is 9.61. The van der Waals surface area contributed by atoms with Crippen LogP contribution in [0.25, 0.3) is 51.5 Å². The van der Waals surface area contributed by atoms with Crippen LogP contribution >= 0.6 is 88.5 Å². The second-order valence-corrected chi connectivity index (χ2v) is 39.6. The monoisotopic (exact) mass is 2160 g/mol. The number of ether oxygens (including phenoxy) is 3. The summed E-state index contributed by atoms with van der Waals surface area (Å²) in [6.45, 7) is 18.5. The lowest BCUT2D eigenvalue weighted by atomic mass is 9.82. The van der Waals surface area contributed by atoms with Crippen LogP contribution in [0.3, 0.4) is 0 Å². The number of carbonyl (C=O) groups is 5. The third-order valence-corrected chi connectivity index (χ3v) is 27.8. The first-order valence-corrected chi connectivity index (χ1v) is 48.5. The summed E-state index contributed by atoms with van der Waals surface area (Å²) in [6.07, 6.45) is 31.2. The first kappa shape index (κ1) is 99.8. The van der Waals surface area contributed by atoms with Gasteiger partial charge in [0.15, 0.2) is 34.7 Å². The molecule has 14 aromatic rings. The van der Waals surface area contributed by atoms with E-state index >= 15 is 0 Å². The number of likely N-dealkylation sites (tertiary alicyclic amines) is 5. The maximum Gasteiger partial charge on any atom is 0.498 e. The molecule has 0 unspecified atom stereocenters. The zero-order valence-electron chi connectivity index (χ0n) is 74.2. The van der Waals surface area contributed by atoms with Crippen LogP contribution in [0.1, 0.15) is 91.9 Å². The lowest BCUT2D eigenvalue weighted by Gasteiger charge is -2.32. The van der Waals surface area contributed by atoms with E-state index in [4.69, 9.17) is 34.4 Å². The predicted molar refractivity (Wildman–Crippen MR) is 521 cm³/mol. The standard InChI is InChI=1S/C22H18FN5O4S.C22H20FN5O2S.C15H24BN3O3.C13H6FIN2O3S.C9H12BrN3O.C6H11NO2.C3H3BrN2/c23-16-10-15(28(30)31)3-4-18(16)32-19-5-6-24-17-11-20(33-22(17)19)14-12-25-27(13-14)9-8-26-7-1-2-21(26)29;23-16-10-15(24)3-4-18(16)30-19-5-6-25-17-11-20(31-22(17)19)14-12-26-28(13-14)9-8-27-7-1-2-21(27)29;1-14(2)15(3,4)22-16(21-14)12-10-17-19(11-12)9-8-18-7-5-6-13(18)20;14-8-5-7(17(18)19)1-2-10(8)20-11-3-4-16-9-6-12(15)21-13(9)11;10-8-6-11-13(7-8)5-4-12-3-1-2-9(12)14;8-5-4-7-3-1-2-6(7)9;4-3-1-5-6-2-3/h3-6,10-13H,1-2,7-9H2;3-6,10-13H,1-2,7-9,24H2;10-11H,5-9H2,1-4H3;1-6H;6-7H,1-5H2;8H,1-5H2;1-2H,(H,5,6). The molecule has 5 amide bonds. The molecule has 712 valence electrons. The van der Waals surface area contributed by atoms with Crippen LogP contribution in [0.15, 0.2) is 180 Å². The largest absolute Gasteiger partial charge is 0.498 e. The van der Waals surface area contributed by atoms with Gasteiger partial charge in [-0.25, -0.2) is 13.2 Å². The van der Waals surface area contributed by atoms with E-state index in [0.29, 0.717) is 106 Å². The molecule has 46 heteroatoms. The Kier molecular flexibility index (Phi) is 33.8. The Hall–Kier alpha value is -12.2. The fourth-order valence-electron chi connectivity index (χ4n) is 14.8. The number of hydrogen-bond donors (Lipinski definition) is 3. The number of H-pyrrole nitrogens is 1. The van der Waals surface area contributed by atoms with Crippen molar-refractivity contribution in [2.45, 2.75) is 129 Å². The first-order valence-electron chi connectivity index (χ1n) is 43.4. The molecule has 0 saturated carbocycles. The lowest BCUT2D eigenvalue weighted by Crippen LogP contribution is -2.41. The number of thiophene rings is 3. The third kappa shape index (κ3) is 26.3. The number of carbonyl (C=O) groups excluding carboxylic acids is 5. The van der Waals surface area contributed by atoms with Gasteiger partial charge in [0.25, 0.3) is 11.4 Å². The number of nitrogens with two attached hydrogens (primary N) is 1. The number of halogens is 6. The number of aromatic amines is 1. The summed E-state index contributed by atoms with van der Waals surface area (Å²) >= 11 is 13.1. The van der Waals surface area contributed by atoms with E-state index < -0.39 is 27.3 Å². The van der Waals surface area contributed by atoms with Crippen molar-refractivity contribution in [1.29, 1.82) is 0 Å². The summed E-state index contributed by atoms with van der Waals surface area (Å²) < 4.78 is 84.2. The molecule has 0 aliphatic carbocycles. The highest BCUT2D eigenvalue weighted by atomic mass is 127. The van der Waals surface area contributed by atoms with Gasteiger partial charge in [0.05, 0.1) is 133 Å². The average molecular weight is 2160 g/mol. The molecule has 3 aromatic carbocycles. The fraction of sp³-hybridized carbons (Fsp3) is 0.344. The van der Waals surface area contributed by atoms with Crippen LogP contribution in [0.4, 0.5) is 30.2 Å². The summed E-state index contributed by atoms with van der Waals surface area (Å²) in [5, 5.41) is 53.5. The number of β-amino-alcohol motifs (C(OH)–C–C–N with tert-alkyl or cyclic N) is 1. The molecule has 4 N–H and O–H groups in total. The lowest BCUT2D eigenvalue weighted by molar-refractivity contribution is -0.385. The summed E-state index contributed by atoms with van der Waals surface area (Å²) in [5.74, 6) is 0.365. The number of aliphatic hydroxyl groups is 1. The van der Waals surface area contributed by atoms with Gasteiger partial charge >= 0.3 is 7.12 Å². The van der Waals surface area contributed by atoms with Crippen LogP contribution in [-0.4, -0.2) is 224 Å². The molecule has 136 heavy (non-hydrogen) atoms. The van der Waals surface area contributed by atoms with Gasteiger partial charge in [0, 0.05) is 222 Å². The highest BCUT2D eigenvalue weighted by Gasteiger charge is 2.52. The SMILES string of the molecule is Brc1cn[nH]c1.CC1(C)OB(c2cnn(CCN3CCCC3=O)c2)OC1(C)C.Nc1ccc(Oc2ccnc3cc(-c4cnn(CCN5CCCC5=O)c4)sc23)c(F)c1.O=C1CCCN1CCO.O=C1CCCN1CCn1cc(-c2cc3nccc(Oc4ccc([N+](=O)[O-])cc4F)c3s2)cn1.O=C1CCCN1CCn1cc(Br)cn1.O=[N+]([O-])c1ccc(Oc2ccnc3cc(I)sc23)c(F)c1. The molecule has 0 spiro atoms. The summed E-state index contributed by atoms with van der Waals surface area (Å²) in [7, 11) is -0.382. The molecule has 6 saturated heterocycles. The normalized spacial score (nSPS) is 15.4. The van der Waals surface area contributed by atoms with Crippen LogP contribution in [-0.2, 0) is 59.5 Å². The minimum absolute atomic E-state index is 0.0588. The molecule has 36 nitrogen and oxygen atoms in total. The Balaban J connectivity index is 0.000000133. The Morgan fingerprint density at radius 2 is 0.853 bits per heavy atom. The number of rotatable bonds is 25. The van der Waals surface area contributed by atoms with E-state index in [-0.39, 0.29) is 83.1 Å². The van der Waals surface area contributed by atoms with E-state index in [2.05, 4.69) is 100.0 Å². The second kappa shape index (κ2) is 46.1. The Morgan fingerprint density at radius 3 is 1.21 bits per heavy atom. The van der Waals surface area contributed by atoms with E-state index in [1.54, 1.807) is 84.9 Å². The summed E-state index contributed by atoms with van der Waals surface area (Å²) in [4.78, 5) is 101. The van der Waals surface area contributed by atoms with Crippen molar-refractivity contribution >= 4 is 178 Å². The predicted octanol–water partition coefficient (Wildman–Crippen LogP) is 16.5. The quantitative estimate of drug-likeness (QED) is 0.0157. The molecular weight excluding hydrogens is 2070 g/mol. The first-order chi connectivity index (χ1) is 65.4. The smallest absolute Gasteiger partial charge is 0.453 e. The number of hydrogen-bond acceptors (Lipinski definition) is 27. The van der Waals surface area contributed by atoms with Crippen molar-refractivity contribution in [3.8, 4) is 55.4 Å². The van der Waals surface area contributed by atoms with E-state index in [1.165, 1.54) is 70.4 Å². The average Bonchev–Trinajstić information content (AvgIpc) is 1.62. The van der Waals surface area contributed by atoms with E-state index in [9.17, 15) is 57.4 Å². The van der Waals surface area contributed by atoms with Gasteiger partial charge in [-0.05, 0) is 157 Å². The van der Waals surface area contributed by atoms with Gasteiger partial charge in [0.1, 0.15) is 17.2 Å². The highest BCUT2D eigenvalue weighted by molar-refractivity contribution is 14.1. The number of aromatic nitrogens is 13. The van der Waals surface area contributed by atoms with Crippen molar-refractivity contribution in [2.75, 3.05) is 77.8 Å². The third-order valence-electron chi connectivity index (χ3n) is 22.7. The number of pyridine rings is 3. The number of non-ortho nitro benzene ring substituents is 2. The number of amides is 5. The maximum absolute atomic E-state index is 14.3. The van der Waals surface area contributed by atoms with E-state index in [0.717, 1.165) is 153 Å². The number of aliphatic hydroxyl groups excluding tert-OH is 1. The molecule has 0 bridgehead atoms. The number of nitrogens with one attached hydrogen (secondary N) is 1. The van der Waals surface area contributed by atoms with Gasteiger partial charge in [0.2, 0.25) is 29.5 Å². The van der Waals surface area contributed by atoms with Gasteiger partial charge in [-0.1, -0.05) is 0 Å². The van der Waals surface area contributed by atoms with Crippen molar-refractivity contribution in [3.63, 3.8) is 0 Å².